The van der Waals surface area contributed by atoms with E-state index in [4.69, 9.17) is 4.74 Å². The van der Waals surface area contributed by atoms with Gasteiger partial charge in [0.2, 0.25) is 10.0 Å². The van der Waals surface area contributed by atoms with Gasteiger partial charge in [-0.3, -0.25) is 0 Å². The van der Waals surface area contributed by atoms with E-state index >= 15 is 0 Å². The molecule has 4 nitrogen and oxygen atoms in total. The molecule has 0 saturated carbocycles. The van der Waals surface area contributed by atoms with Gasteiger partial charge >= 0.3 is 0 Å². The van der Waals surface area contributed by atoms with Crippen LogP contribution in [0.5, 0.6) is 5.75 Å². The van der Waals surface area contributed by atoms with Crippen LogP contribution < -0.4 is 4.74 Å². The molecule has 1 rings (SSSR count). The molecule has 90 valence electrons. The zero-order valence-corrected chi connectivity index (χ0v) is 10.6. The van der Waals surface area contributed by atoms with E-state index in [0.29, 0.717) is 12.3 Å². The summed E-state index contributed by atoms with van der Waals surface area (Å²) < 4.78 is 30.5. The van der Waals surface area contributed by atoms with Gasteiger partial charge in [0.1, 0.15) is 5.75 Å². The lowest BCUT2D eigenvalue weighted by molar-refractivity contribution is 0.412. The lowest BCUT2D eigenvalue weighted by Crippen LogP contribution is -2.27. The Balaban J connectivity index is 3.06. The molecule has 0 N–H and O–H groups in total. The van der Waals surface area contributed by atoms with E-state index in [9.17, 15) is 8.42 Å². The van der Waals surface area contributed by atoms with Crippen LogP contribution in [-0.4, -0.2) is 33.4 Å². The quantitative estimate of drug-likeness (QED) is 0.791. The van der Waals surface area contributed by atoms with Gasteiger partial charge in [0.15, 0.2) is 0 Å². The first-order chi connectivity index (χ1) is 7.52. The Hall–Kier alpha value is -1.07. The molecule has 0 aliphatic carbocycles. The number of ether oxygens (including phenoxy) is 1. The molecule has 16 heavy (non-hydrogen) atoms. The maximum atomic E-state index is 12.1. The molecule has 0 heterocycles. The van der Waals surface area contributed by atoms with Crippen LogP contribution >= 0.6 is 0 Å². The molecule has 1 aromatic rings. The molecule has 1 aromatic carbocycles. The normalized spacial score (nSPS) is 11.8. The fourth-order valence-electron chi connectivity index (χ4n) is 1.38. The highest BCUT2D eigenvalue weighted by molar-refractivity contribution is 7.89. The lowest BCUT2D eigenvalue weighted by atomic mass is 10.3. The van der Waals surface area contributed by atoms with Gasteiger partial charge in [-0.25, -0.2) is 12.7 Å². The van der Waals surface area contributed by atoms with Crippen molar-refractivity contribution in [3.63, 3.8) is 0 Å². The minimum atomic E-state index is -3.38. The third kappa shape index (κ3) is 2.74. The maximum Gasteiger partial charge on any atom is 0.242 e. The molecule has 0 amide bonds. The summed E-state index contributed by atoms with van der Waals surface area (Å²) in [5.41, 5.74) is 0. The molecule has 0 aliphatic heterocycles. The van der Waals surface area contributed by atoms with Gasteiger partial charge in [0.05, 0.1) is 12.0 Å². The first-order valence-electron chi connectivity index (χ1n) is 5.12. The van der Waals surface area contributed by atoms with Crippen LogP contribution in [0.3, 0.4) is 0 Å². The average Bonchev–Trinajstić information content (AvgIpc) is 2.29. The number of nitrogens with zero attached hydrogens (tertiary/aromatic N) is 1. The molecule has 0 fully saturated rings. The van der Waals surface area contributed by atoms with Crippen molar-refractivity contribution in [3.05, 3.63) is 24.3 Å². The molecule has 0 spiro atoms. The third-order valence-corrected chi connectivity index (χ3v) is 4.14. The van der Waals surface area contributed by atoms with Crippen molar-refractivity contribution in [2.75, 3.05) is 20.7 Å². The summed E-state index contributed by atoms with van der Waals surface area (Å²) in [6.07, 6.45) is 0.791. The fourth-order valence-corrected chi connectivity index (χ4v) is 2.68. The van der Waals surface area contributed by atoms with Crippen LogP contribution in [0.4, 0.5) is 0 Å². The minimum absolute atomic E-state index is 0.266. The van der Waals surface area contributed by atoms with E-state index < -0.39 is 10.0 Å². The first kappa shape index (κ1) is 13.0. The van der Waals surface area contributed by atoms with Crippen LogP contribution in [0.2, 0.25) is 0 Å². The highest BCUT2D eigenvalue weighted by atomic mass is 32.2. The molecular weight excluding hydrogens is 226 g/mol. The molecule has 0 atom stereocenters. The van der Waals surface area contributed by atoms with Crippen molar-refractivity contribution in [1.29, 1.82) is 0 Å². The Bertz CT molecular complexity index is 442. The summed E-state index contributed by atoms with van der Waals surface area (Å²) in [6.45, 7) is 2.46. The number of benzene rings is 1. The Kier molecular flexibility index (Phi) is 4.32. The summed E-state index contributed by atoms with van der Waals surface area (Å²) in [4.78, 5) is 0.266. The highest BCUT2D eigenvalue weighted by Crippen LogP contribution is 2.19. The van der Waals surface area contributed by atoms with Gasteiger partial charge < -0.3 is 4.74 Å². The predicted octanol–water partition coefficient (Wildman–Crippen LogP) is 1.73. The average molecular weight is 243 g/mol. The van der Waals surface area contributed by atoms with Crippen LogP contribution in [0.25, 0.3) is 0 Å². The first-order valence-corrected chi connectivity index (χ1v) is 6.56. The van der Waals surface area contributed by atoms with E-state index in [2.05, 4.69) is 0 Å². The summed E-state index contributed by atoms with van der Waals surface area (Å²) >= 11 is 0. The zero-order chi connectivity index (χ0) is 12.2. The Morgan fingerprint density at radius 1 is 1.38 bits per heavy atom. The maximum absolute atomic E-state index is 12.1. The van der Waals surface area contributed by atoms with E-state index in [-0.39, 0.29) is 4.90 Å². The fraction of sp³-hybridized carbons (Fsp3) is 0.455. The minimum Gasteiger partial charge on any atom is -0.497 e. The number of sulfonamides is 1. The number of methoxy groups -OCH3 is 1. The topological polar surface area (TPSA) is 46.6 Å². The van der Waals surface area contributed by atoms with Crippen LogP contribution in [0, 0.1) is 0 Å². The van der Waals surface area contributed by atoms with Crippen LogP contribution in [0.1, 0.15) is 13.3 Å². The standard InChI is InChI=1S/C11H17NO3S/c1-4-8-12(2)16(13,14)11-7-5-6-10(9-11)15-3/h5-7,9H,4,8H2,1-3H3. The monoisotopic (exact) mass is 243 g/mol. The summed E-state index contributed by atoms with van der Waals surface area (Å²) in [5, 5.41) is 0. The Morgan fingerprint density at radius 3 is 2.62 bits per heavy atom. The van der Waals surface area contributed by atoms with Crippen molar-refractivity contribution in [2.24, 2.45) is 0 Å². The van der Waals surface area contributed by atoms with Gasteiger partial charge in [-0.15, -0.1) is 0 Å². The SMILES string of the molecule is CCCN(C)S(=O)(=O)c1cccc(OC)c1. The molecular formula is C11H17NO3S. The molecule has 0 aromatic heterocycles. The van der Waals surface area contributed by atoms with Gasteiger partial charge in [-0.05, 0) is 18.6 Å². The van der Waals surface area contributed by atoms with E-state index in [1.807, 2.05) is 6.92 Å². The van der Waals surface area contributed by atoms with E-state index in [0.717, 1.165) is 6.42 Å². The number of hydrogen-bond acceptors (Lipinski definition) is 3. The van der Waals surface area contributed by atoms with Crippen molar-refractivity contribution in [1.82, 2.24) is 4.31 Å². The van der Waals surface area contributed by atoms with Crippen molar-refractivity contribution < 1.29 is 13.2 Å². The smallest absolute Gasteiger partial charge is 0.242 e. The third-order valence-electron chi connectivity index (χ3n) is 2.29. The zero-order valence-electron chi connectivity index (χ0n) is 9.80. The van der Waals surface area contributed by atoms with Gasteiger partial charge in [-0.1, -0.05) is 13.0 Å². The molecule has 0 saturated heterocycles. The highest BCUT2D eigenvalue weighted by Gasteiger charge is 2.20. The molecule has 0 unspecified atom stereocenters. The lowest BCUT2D eigenvalue weighted by Gasteiger charge is -2.16. The van der Waals surface area contributed by atoms with Crippen molar-refractivity contribution in [3.8, 4) is 5.75 Å². The summed E-state index contributed by atoms with van der Waals surface area (Å²) in [5.74, 6) is 0.547. The van der Waals surface area contributed by atoms with Gasteiger partial charge in [0.25, 0.3) is 0 Å². The van der Waals surface area contributed by atoms with Crippen LogP contribution in [0.15, 0.2) is 29.2 Å². The molecule has 0 bridgehead atoms. The van der Waals surface area contributed by atoms with Crippen molar-refractivity contribution in [2.45, 2.75) is 18.2 Å². The van der Waals surface area contributed by atoms with Gasteiger partial charge in [-0.2, -0.15) is 0 Å². The molecule has 0 radical (unpaired) electrons. The second kappa shape index (κ2) is 5.32. The Morgan fingerprint density at radius 2 is 2.06 bits per heavy atom. The summed E-state index contributed by atoms with van der Waals surface area (Å²) in [6, 6.07) is 6.50. The second-order valence-electron chi connectivity index (χ2n) is 3.51. The van der Waals surface area contributed by atoms with Crippen LogP contribution in [-0.2, 0) is 10.0 Å². The molecule has 0 aliphatic rings. The largest absolute Gasteiger partial charge is 0.497 e. The van der Waals surface area contributed by atoms with Gasteiger partial charge in [0, 0.05) is 19.7 Å². The van der Waals surface area contributed by atoms with E-state index in [1.165, 1.54) is 17.5 Å². The summed E-state index contributed by atoms with van der Waals surface area (Å²) in [7, 11) is -0.283. The van der Waals surface area contributed by atoms with E-state index in [1.54, 1.807) is 25.2 Å². The number of hydrogen-bond donors (Lipinski definition) is 0. The second-order valence-corrected chi connectivity index (χ2v) is 5.55. The molecule has 5 heteroatoms. The van der Waals surface area contributed by atoms with Crippen molar-refractivity contribution >= 4 is 10.0 Å². The Labute approximate surface area is 96.9 Å². The number of rotatable bonds is 5. The predicted molar refractivity (Wildman–Crippen MR) is 63.1 cm³/mol.